The number of halogens is 3. The Bertz CT molecular complexity index is 906. The Hall–Kier alpha value is -2.00. The summed E-state index contributed by atoms with van der Waals surface area (Å²) in [6, 6.07) is 6.35. The lowest BCUT2D eigenvalue weighted by molar-refractivity contribution is -0.0499. The van der Waals surface area contributed by atoms with E-state index < -0.39 is 15.6 Å². The topological polar surface area (TPSA) is 61.8 Å². The van der Waals surface area contributed by atoms with Gasteiger partial charge in [-0.25, -0.2) is 0 Å². The van der Waals surface area contributed by atoms with Crippen molar-refractivity contribution in [1.82, 2.24) is 0 Å². The van der Waals surface area contributed by atoms with Crippen molar-refractivity contribution in [1.29, 1.82) is 0 Å². The first-order valence-electron chi connectivity index (χ1n) is 7.44. The van der Waals surface area contributed by atoms with Crippen LogP contribution in [0.2, 0.25) is 0 Å². The minimum atomic E-state index is -5.78. The molecule has 0 fully saturated rings. The van der Waals surface area contributed by atoms with E-state index in [-0.39, 0.29) is 18.3 Å². The largest absolute Gasteiger partial charge is 0.534 e. The van der Waals surface area contributed by atoms with Gasteiger partial charge in [0, 0.05) is 18.6 Å². The van der Waals surface area contributed by atoms with E-state index in [9.17, 15) is 21.6 Å². The average Bonchev–Trinajstić information content (AvgIpc) is 2.99. The predicted octanol–water partition coefficient (Wildman–Crippen LogP) is 3.54. The van der Waals surface area contributed by atoms with Crippen LogP contribution in [0.1, 0.15) is 17.5 Å². The summed E-state index contributed by atoms with van der Waals surface area (Å²) >= 11 is 0. The highest BCUT2D eigenvalue weighted by atomic mass is 32.2. The molecule has 5 nitrogen and oxygen atoms in total. The average molecular weight is 376 g/mol. The molecule has 1 aliphatic rings. The summed E-state index contributed by atoms with van der Waals surface area (Å²) < 4.78 is 75.6. The summed E-state index contributed by atoms with van der Waals surface area (Å²) in [6.07, 6.45) is 2.29. The number of hydrogen-bond acceptors (Lipinski definition) is 5. The van der Waals surface area contributed by atoms with E-state index in [0.717, 1.165) is 30.0 Å². The maximum Gasteiger partial charge on any atom is 0.534 e. The van der Waals surface area contributed by atoms with E-state index in [1.807, 2.05) is 6.07 Å². The van der Waals surface area contributed by atoms with Crippen molar-refractivity contribution in [2.24, 2.45) is 0 Å². The number of hydrogen-bond donors (Lipinski definition) is 0. The third-order valence-electron chi connectivity index (χ3n) is 3.96. The predicted molar refractivity (Wildman–Crippen MR) is 84.1 cm³/mol. The third-order valence-corrected chi connectivity index (χ3v) is 4.92. The highest BCUT2D eigenvalue weighted by Gasteiger charge is 2.48. The molecule has 0 aromatic heterocycles. The highest BCUT2D eigenvalue weighted by molar-refractivity contribution is 7.88. The molecule has 9 heteroatoms. The molecule has 0 bridgehead atoms. The minimum absolute atomic E-state index is 0.137. The van der Waals surface area contributed by atoms with E-state index in [1.54, 1.807) is 12.1 Å². The van der Waals surface area contributed by atoms with Crippen LogP contribution in [0.4, 0.5) is 13.2 Å². The van der Waals surface area contributed by atoms with Gasteiger partial charge in [0.2, 0.25) is 0 Å². The zero-order valence-electron chi connectivity index (χ0n) is 13.2. The normalized spacial score (nSPS) is 14.6. The molecule has 0 heterocycles. The highest BCUT2D eigenvalue weighted by Crippen LogP contribution is 2.40. The van der Waals surface area contributed by atoms with Crippen LogP contribution in [0.5, 0.6) is 11.5 Å². The van der Waals surface area contributed by atoms with Crippen molar-refractivity contribution in [3.8, 4) is 11.5 Å². The lowest BCUT2D eigenvalue weighted by Gasteiger charge is -2.16. The Kier molecular flexibility index (Phi) is 4.54. The monoisotopic (exact) mass is 376 g/mol. The summed E-state index contributed by atoms with van der Waals surface area (Å²) in [5.74, 6) is -0.237. The van der Waals surface area contributed by atoms with Gasteiger partial charge in [0.05, 0.1) is 0 Å². The molecule has 0 amide bonds. The molecule has 0 aliphatic heterocycles. The smallest absolute Gasteiger partial charge is 0.467 e. The molecule has 0 atom stereocenters. The van der Waals surface area contributed by atoms with E-state index in [1.165, 1.54) is 7.11 Å². The second-order valence-electron chi connectivity index (χ2n) is 5.61. The first kappa shape index (κ1) is 17.8. The van der Waals surface area contributed by atoms with Crippen LogP contribution in [0.3, 0.4) is 0 Å². The Morgan fingerprint density at radius 1 is 1.16 bits per heavy atom. The molecule has 1 aliphatic carbocycles. The molecule has 0 saturated carbocycles. The molecule has 0 radical (unpaired) electrons. The van der Waals surface area contributed by atoms with Crippen molar-refractivity contribution in [2.45, 2.75) is 24.8 Å². The number of methoxy groups -OCH3 is 1. The van der Waals surface area contributed by atoms with E-state index in [2.05, 4.69) is 4.18 Å². The molecule has 0 N–H and O–H groups in total. The summed E-state index contributed by atoms with van der Waals surface area (Å²) in [5, 5.41) is 0.911. The fourth-order valence-corrected chi connectivity index (χ4v) is 3.40. The Morgan fingerprint density at radius 2 is 1.92 bits per heavy atom. The minimum Gasteiger partial charge on any atom is -0.467 e. The Morgan fingerprint density at radius 3 is 2.60 bits per heavy atom. The molecule has 2 aromatic carbocycles. The van der Waals surface area contributed by atoms with Gasteiger partial charge in [0.15, 0.2) is 12.5 Å². The molecular weight excluding hydrogens is 361 g/mol. The zero-order valence-corrected chi connectivity index (χ0v) is 14.0. The van der Waals surface area contributed by atoms with Gasteiger partial charge in [-0.15, -0.1) is 0 Å². The number of alkyl halides is 3. The van der Waals surface area contributed by atoms with Crippen LogP contribution >= 0.6 is 0 Å². The van der Waals surface area contributed by atoms with Crippen LogP contribution in [0.15, 0.2) is 24.3 Å². The van der Waals surface area contributed by atoms with Crippen LogP contribution < -0.4 is 8.92 Å². The van der Waals surface area contributed by atoms with Gasteiger partial charge in [-0.2, -0.15) is 21.6 Å². The number of aryl methyl sites for hydroxylation is 2. The summed E-state index contributed by atoms with van der Waals surface area (Å²) in [4.78, 5) is 0. The standard InChI is InChI=1S/C16H15F3O5S/c1-22-9-23-12-7-11-6-5-10-3-2-4-13(10)15(11)14(8-12)24-25(20,21)16(17,18)19/h5-8H,2-4,9H2,1H3. The maximum absolute atomic E-state index is 12.7. The van der Waals surface area contributed by atoms with Gasteiger partial charge in [-0.05, 0) is 41.8 Å². The molecule has 0 unspecified atom stereocenters. The zero-order chi connectivity index (χ0) is 18.2. The van der Waals surface area contributed by atoms with Crippen LogP contribution in [0, 0.1) is 0 Å². The van der Waals surface area contributed by atoms with Crippen LogP contribution in [-0.4, -0.2) is 27.8 Å². The molecule has 2 aromatic rings. The van der Waals surface area contributed by atoms with Crippen molar-refractivity contribution in [3.63, 3.8) is 0 Å². The third kappa shape index (κ3) is 3.38. The van der Waals surface area contributed by atoms with E-state index in [4.69, 9.17) is 9.47 Å². The second kappa shape index (κ2) is 6.38. The quantitative estimate of drug-likeness (QED) is 0.454. The van der Waals surface area contributed by atoms with Gasteiger partial charge in [-0.3, -0.25) is 0 Å². The van der Waals surface area contributed by atoms with Gasteiger partial charge in [0.1, 0.15) is 5.75 Å². The second-order valence-corrected chi connectivity index (χ2v) is 7.15. The van der Waals surface area contributed by atoms with Crippen molar-refractivity contribution in [3.05, 3.63) is 35.4 Å². The summed E-state index contributed by atoms with van der Waals surface area (Å²) in [6.45, 7) is -0.137. The number of ether oxygens (including phenoxy) is 2. The Labute approximate surface area is 142 Å². The number of benzene rings is 2. The molecular formula is C16H15F3O5S. The summed E-state index contributed by atoms with van der Waals surface area (Å²) in [5.41, 5.74) is -3.73. The van der Waals surface area contributed by atoms with Gasteiger partial charge < -0.3 is 13.7 Å². The van der Waals surface area contributed by atoms with Gasteiger partial charge in [0.25, 0.3) is 0 Å². The van der Waals surface area contributed by atoms with E-state index in [0.29, 0.717) is 17.2 Å². The molecule has 25 heavy (non-hydrogen) atoms. The van der Waals surface area contributed by atoms with Crippen molar-refractivity contribution >= 4 is 20.9 Å². The molecule has 0 spiro atoms. The molecule has 136 valence electrons. The fraction of sp³-hybridized carbons (Fsp3) is 0.375. The number of fused-ring (bicyclic) bond motifs is 3. The lowest BCUT2D eigenvalue weighted by Crippen LogP contribution is -2.28. The van der Waals surface area contributed by atoms with Crippen LogP contribution in [-0.2, 0) is 27.7 Å². The Balaban J connectivity index is 2.18. The number of rotatable bonds is 5. The maximum atomic E-state index is 12.7. The fourth-order valence-electron chi connectivity index (χ4n) is 2.93. The lowest BCUT2D eigenvalue weighted by atomic mass is 10.00. The van der Waals surface area contributed by atoms with Crippen molar-refractivity contribution in [2.75, 3.05) is 13.9 Å². The first-order valence-corrected chi connectivity index (χ1v) is 8.85. The molecule has 3 rings (SSSR count). The van der Waals surface area contributed by atoms with Crippen molar-refractivity contribution < 1.29 is 35.2 Å². The molecule has 0 saturated heterocycles. The summed E-state index contributed by atoms with van der Waals surface area (Å²) in [7, 11) is -4.40. The van der Waals surface area contributed by atoms with Gasteiger partial charge >= 0.3 is 15.6 Å². The SMILES string of the molecule is COCOc1cc(OS(=O)(=O)C(F)(F)F)c2c3c(ccc2c1)CCC3. The van der Waals surface area contributed by atoms with E-state index >= 15 is 0 Å². The van der Waals surface area contributed by atoms with Crippen LogP contribution in [0.25, 0.3) is 10.8 Å². The van der Waals surface area contributed by atoms with Gasteiger partial charge in [-0.1, -0.05) is 12.1 Å². The first-order chi connectivity index (χ1) is 11.7.